The topological polar surface area (TPSA) is 49.3 Å². The van der Waals surface area contributed by atoms with Crippen molar-refractivity contribution in [2.75, 3.05) is 6.54 Å². The average Bonchev–Trinajstić information content (AvgIpc) is 2.61. The molecule has 0 aliphatic carbocycles. The van der Waals surface area contributed by atoms with Crippen LogP contribution < -0.4 is 5.32 Å². The zero-order valence-electron chi connectivity index (χ0n) is 13.7. The van der Waals surface area contributed by atoms with E-state index in [0.29, 0.717) is 6.42 Å². The van der Waals surface area contributed by atoms with E-state index in [2.05, 4.69) is 5.32 Å². The van der Waals surface area contributed by atoms with E-state index >= 15 is 0 Å². The first-order chi connectivity index (χ1) is 12.3. The molecule has 0 aliphatic rings. The molecule has 2 N–H and O–H groups in total. The van der Waals surface area contributed by atoms with Gasteiger partial charge in [0.2, 0.25) is 0 Å². The molecule has 1 amide bonds. The van der Waals surface area contributed by atoms with Gasteiger partial charge >= 0.3 is 6.18 Å². The van der Waals surface area contributed by atoms with E-state index in [9.17, 15) is 23.1 Å². The number of aromatic hydroxyl groups is 1. The number of carbonyl (C=O) groups is 1. The second kappa shape index (κ2) is 7.07. The van der Waals surface area contributed by atoms with Crippen molar-refractivity contribution in [2.24, 2.45) is 0 Å². The van der Waals surface area contributed by atoms with Crippen LogP contribution in [0.1, 0.15) is 21.5 Å². The highest BCUT2D eigenvalue weighted by atomic mass is 19.4. The van der Waals surface area contributed by atoms with Crippen LogP contribution in [0.4, 0.5) is 13.2 Å². The van der Waals surface area contributed by atoms with Crippen LogP contribution in [0, 0.1) is 0 Å². The van der Waals surface area contributed by atoms with Crippen molar-refractivity contribution >= 4 is 16.7 Å². The summed E-state index contributed by atoms with van der Waals surface area (Å²) in [5, 5.41) is 14.1. The van der Waals surface area contributed by atoms with Gasteiger partial charge in [0, 0.05) is 12.1 Å². The monoisotopic (exact) mass is 359 g/mol. The van der Waals surface area contributed by atoms with Gasteiger partial charge in [-0.15, -0.1) is 0 Å². The first-order valence-electron chi connectivity index (χ1n) is 8.01. The predicted octanol–water partition coefficient (Wildman–Crippen LogP) is 4.54. The minimum Gasteiger partial charge on any atom is -0.508 e. The lowest BCUT2D eigenvalue weighted by Crippen LogP contribution is -2.26. The van der Waals surface area contributed by atoms with Crippen molar-refractivity contribution in [2.45, 2.75) is 12.6 Å². The maximum atomic E-state index is 12.7. The maximum Gasteiger partial charge on any atom is 0.416 e. The summed E-state index contributed by atoms with van der Waals surface area (Å²) in [4.78, 5) is 12.1. The minimum absolute atomic E-state index is 0.0320. The summed E-state index contributed by atoms with van der Waals surface area (Å²) in [6.45, 7) is 0.268. The Morgan fingerprint density at radius 2 is 1.77 bits per heavy atom. The smallest absolute Gasteiger partial charge is 0.416 e. The highest BCUT2D eigenvalue weighted by Gasteiger charge is 2.30. The fraction of sp³-hybridized carbons (Fsp3) is 0.150. The molecule has 0 aliphatic heterocycles. The molecule has 3 nitrogen and oxygen atoms in total. The predicted molar refractivity (Wildman–Crippen MR) is 93.1 cm³/mol. The lowest BCUT2D eigenvalue weighted by atomic mass is 10.0. The number of fused-ring (bicyclic) bond motifs is 1. The fourth-order valence-electron chi connectivity index (χ4n) is 2.79. The van der Waals surface area contributed by atoms with E-state index in [1.54, 1.807) is 18.2 Å². The van der Waals surface area contributed by atoms with Crippen LogP contribution in [0.25, 0.3) is 10.8 Å². The molecular formula is C20H16F3NO2. The quantitative estimate of drug-likeness (QED) is 0.719. The van der Waals surface area contributed by atoms with Crippen molar-refractivity contribution < 1.29 is 23.1 Å². The van der Waals surface area contributed by atoms with Crippen molar-refractivity contribution in [1.82, 2.24) is 5.32 Å². The molecule has 0 saturated heterocycles. The van der Waals surface area contributed by atoms with Crippen molar-refractivity contribution in [3.63, 3.8) is 0 Å². The second-order valence-electron chi connectivity index (χ2n) is 5.91. The first kappa shape index (κ1) is 17.8. The highest BCUT2D eigenvalue weighted by molar-refractivity contribution is 5.94. The molecule has 6 heteroatoms. The molecule has 26 heavy (non-hydrogen) atoms. The molecule has 0 saturated carbocycles. The van der Waals surface area contributed by atoms with E-state index < -0.39 is 17.6 Å². The fourth-order valence-corrected chi connectivity index (χ4v) is 2.79. The standard InChI is InChI=1S/C20H16F3NO2/c21-20(22,23)16-6-2-5-15(11-16)19(26)24-10-9-14-4-1-3-13-7-8-17(25)12-18(13)14/h1-8,11-12,25H,9-10H2,(H,24,26). The van der Waals surface area contributed by atoms with Gasteiger partial charge in [-0.3, -0.25) is 4.79 Å². The number of amides is 1. The third-order valence-corrected chi connectivity index (χ3v) is 4.09. The summed E-state index contributed by atoms with van der Waals surface area (Å²) in [6.07, 6.45) is -3.99. The van der Waals surface area contributed by atoms with E-state index in [0.717, 1.165) is 28.5 Å². The van der Waals surface area contributed by atoms with Crippen LogP contribution in [0.3, 0.4) is 0 Å². The van der Waals surface area contributed by atoms with Crippen LogP contribution >= 0.6 is 0 Å². The molecule has 0 fully saturated rings. The van der Waals surface area contributed by atoms with Crippen molar-refractivity contribution in [1.29, 1.82) is 0 Å². The van der Waals surface area contributed by atoms with Crippen LogP contribution in [-0.4, -0.2) is 17.6 Å². The van der Waals surface area contributed by atoms with Gasteiger partial charge < -0.3 is 10.4 Å². The normalized spacial score (nSPS) is 11.5. The number of hydrogen-bond donors (Lipinski definition) is 2. The molecule has 0 spiro atoms. The zero-order chi connectivity index (χ0) is 18.7. The average molecular weight is 359 g/mol. The molecular weight excluding hydrogens is 343 g/mol. The number of hydrogen-bond acceptors (Lipinski definition) is 2. The third kappa shape index (κ3) is 3.96. The van der Waals surface area contributed by atoms with Crippen LogP contribution in [0.5, 0.6) is 5.75 Å². The Morgan fingerprint density at radius 3 is 2.54 bits per heavy atom. The molecule has 0 unspecified atom stereocenters. The number of rotatable bonds is 4. The van der Waals surface area contributed by atoms with Gasteiger partial charge in [-0.25, -0.2) is 0 Å². The summed E-state index contributed by atoms with van der Waals surface area (Å²) in [5.74, 6) is -0.405. The van der Waals surface area contributed by atoms with Gasteiger partial charge in [-0.1, -0.05) is 30.3 Å². The maximum absolute atomic E-state index is 12.7. The Bertz CT molecular complexity index is 951. The molecule has 3 rings (SSSR count). The third-order valence-electron chi connectivity index (χ3n) is 4.09. The Kier molecular flexibility index (Phi) is 4.84. The minimum atomic E-state index is -4.48. The highest BCUT2D eigenvalue weighted by Crippen LogP contribution is 2.29. The van der Waals surface area contributed by atoms with Gasteiger partial charge in [-0.2, -0.15) is 13.2 Å². The van der Waals surface area contributed by atoms with Gasteiger partial charge in [0.05, 0.1) is 5.56 Å². The van der Waals surface area contributed by atoms with Crippen LogP contribution in [-0.2, 0) is 12.6 Å². The molecule has 3 aromatic rings. The molecule has 0 bridgehead atoms. The Morgan fingerprint density at radius 1 is 1.00 bits per heavy atom. The number of nitrogens with one attached hydrogen (secondary N) is 1. The SMILES string of the molecule is O=C(NCCc1cccc2ccc(O)cc12)c1cccc(C(F)(F)F)c1. The number of phenolic OH excluding ortho intramolecular Hbond substituents is 1. The number of halogens is 3. The van der Waals surface area contributed by atoms with Crippen molar-refractivity contribution in [3.05, 3.63) is 77.4 Å². The number of carbonyl (C=O) groups excluding carboxylic acids is 1. The number of phenols is 1. The molecule has 3 aromatic carbocycles. The van der Waals surface area contributed by atoms with E-state index in [4.69, 9.17) is 0 Å². The largest absolute Gasteiger partial charge is 0.508 e. The summed E-state index contributed by atoms with van der Waals surface area (Å²) >= 11 is 0. The van der Waals surface area contributed by atoms with Gasteiger partial charge in [0.1, 0.15) is 5.75 Å². The van der Waals surface area contributed by atoms with Crippen LogP contribution in [0.2, 0.25) is 0 Å². The Labute approximate surface area is 148 Å². The Balaban J connectivity index is 1.69. The van der Waals surface area contributed by atoms with Gasteiger partial charge in [0.15, 0.2) is 0 Å². The zero-order valence-corrected chi connectivity index (χ0v) is 13.7. The van der Waals surface area contributed by atoms with E-state index in [-0.39, 0.29) is 17.9 Å². The molecule has 0 radical (unpaired) electrons. The van der Waals surface area contributed by atoms with E-state index in [1.807, 2.05) is 18.2 Å². The number of alkyl halides is 3. The van der Waals surface area contributed by atoms with Crippen molar-refractivity contribution in [3.8, 4) is 5.75 Å². The van der Waals surface area contributed by atoms with E-state index in [1.165, 1.54) is 12.1 Å². The lowest BCUT2D eigenvalue weighted by molar-refractivity contribution is -0.137. The molecule has 0 heterocycles. The summed E-state index contributed by atoms with van der Waals surface area (Å²) in [6, 6.07) is 15.1. The lowest BCUT2D eigenvalue weighted by Gasteiger charge is -2.10. The first-order valence-corrected chi connectivity index (χ1v) is 8.01. The summed E-state index contributed by atoms with van der Waals surface area (Å²) < 4.78 is 38.2. The Hall–Kier alpha value is -3.02. The summed E-state index contributed by atoms with van der Waals surface area (Å²) in [7, 11) is 0. The number of benzene rings is 3. The van der Waals surface area contributed by atoms with Gasteiger partial charge in [-0.05, 0) is 53.1 Å². The molecule has 134 valence electrons. The second-order valence-corrected chi connectivity index (χ2v) is 5.91. The molecule has 0 atom stereocenters. The molecule has 0 aromatic heterocycles. The van der Waals surface area contributed by atoms with Gasteiger partial charge in [0.25, 0.3) is 5.91 Å². The van der Waals surface area contributed by atoms with Crippen LogP contribution in [0.15, 0.2) is 60.7 Å². The summed E-state index contributed by atoms with van der Waals surface area (Å²) in [5.41, 5.74) is 0.0489.